The quantitative estimate of drug-likeness (QED) is 0.156. The lowest BCUT2D eigenvalue weighted by Gasteiger charge is -2.67. The van der Waals surface area contributed by atoms with Crippen LogP contribution in [0.5, 0.6) is 0 Å². The number of aromatic amines is 2. The predicted molar refractivity (Wildman–Crippen MR) is 209 cm³/mol. The Bertz CT molecular complexity index is 1620. The summed E-state index contributed by atoms with van der Waals surface area (Å²) in [6.07, 6.45) is 25.6. The van der Waals surface area contributed by atoms with Crippen LogP contribution in [0.2, 0.25) is 0 Å². The Labute approximate surface area is 297 Å². The number of H-pyrrole nitrogens is 2. The lowest BCUT2D eigenvalue weighted by atomic mass is 9.55. The van der Waals surface area contributed by atoms with E-state index in [4.69, 9.17) is 0 Å². The minimum absolute atomic E-state index is 0.0409. The fourth-order valence-electron chi connectivity index (χ4n) is 13.6. The van der Waals surface area contributed by atoms with Gasteiger partial charge in [-0.3, -0.25) is 0 Å². The summed E-state index contributed by atoms with van der Waals surface area (Å²) in [5.41, 5.74) is 8.98. The van der Waals surface area contributed by atoms with Gasteiger partial charge in [-0.15, -0.1) is 0 Å². The summed E-state index contributed by atoms with van der Waals surface area (Å²) in [4.78, 5) is 7.34. The van der Waals surface area contributed by atoms with Crippen molar-refractivity contribution in [3.8, 4) is 0 Å². The molecular weight excluding hydrogens is 630 g/mol. The molecule has 4 aromatic rings. The average Bonchev–Trinajstić information content (AvgIpc) is 3.81. The standard InChI is InChI=1S/C45H56N2P2/c1-43(2,39-8-4-3-5-9-39)40-13-12-37(38(22-40)29-48(41-10-6-14-46-41)42-11-7-15-47-42)30-49(44-23-31-16-32(24-44)18-33(17-31)25-44)45-26-34-19-35(27-45)21-36(20-34)28-45/h3-15,22,31-36,46-47H,16-21,23-30H2,1-2H3. The smallest absolute Gasteiger partial charge is 0.0448 e. The molecule has 0 radical (unpaired) electrons. The van der Waals surface area contributed by atoms with Crippen LogP contribution in [0.1, 0.15) is 113 Å². The number of benzene rings is 2. The Hall–Kier alpha value is -2.14. The van der Waals surface area contributed by atoms with Crippen LogP contribution in [0, 0.1) is 35.5 Å². The molecule has 8 fully saturated rings. The van der Waals surface area contributed by atoms with E-state index in [-0.39, 0.29) is 13.3 Å². The molecule has 8 aliphatic rings. The lowest BCUT2D eigenvalue weighted by Crippen LogP contribution is -2.56. The number of aromatic nitrogens is 2. The molecule has 0 aliphatic heterocycles. The van der Waals surface area contributed by atoms with E-state index in [0.29, 0.717) is 10.3 Å². The second-order valence-electron chi connectivity index (χ2n) is 18.5. The van der Waals surface area contributed by atoms with E-state index in [1.54, 1.807) is 88.2 Å². The fraction of sp³-hybridized carbons (Fsp3) is 0.556. The maximum atomic E-state index is 3.67. The van der Waals surface area contributed by atoms with E-state index in [1.165, 1.54) is 28.2 Å². The zero-order valence-electron chi connectivity index (χ0n) is 29.8. The van der Waals surface area contributed by atoms with Gasteiger partial charge in [-0.1, -0.05) is 70.3 Å². The van der Waals surface area contributed by atoms with Crippen molar-refractivity contribution in [1.29, 1.82) is 0 Å². The SMILES string of the molecule is CC(C)(c1ccccc1)c1ccc(CP(C23CC4CC(CC(C4)C2)C3)C23CC4CC(CC(C4)C2)C3)c(CP(c2ccc[nH]2)c2ccc[nH]2)c1. The van der Waals surface area contributed by atoms with E-state index in [1.807, 2.05) is 0 Å². The van der Waals surface area contributed by atoms with Crippen LogP contribution in [0.4, 0.5) is 0 Å². The molecule has 0 amide bonds. The van der Waals surface area contributed by atoms with E-state index >= 15 is 0 Å². The molecule has 256 valence electrons. The highest BCUT2D eigenvalue weighted by atomic mass is 31.1. The maximum Gasteiger partial charge on any atom is 0.0448 e. The Balaban J connectivity index is 1.09. The van der Waals surface area contributed by atoms with Gasteiger partial charge in [0.2, 0.25) is 0 Å². The largest absolute Gasteiger partial charge is 0.361 e. The predicted octanol–water partition coefficient (Wildman–Crippen LogP) is 11.2. The Kier molecular flexibility index (Phi) is 7.71. The first-order valence-electron chi connectivity index (χ1n) is 19.8. The molecule has 49 heavy (non-hydrogen) atoms. The topological polar surface area (TPSA) is 31.6 Å². The third-order valence-electron chi connectivity index (χ3n) is 15.0. The van der Waals surface area contributed by atoms with E-state index in [2.05, 4.69) is 109 Å². The summed E-state index contributed by atoms with van der Waals surface area (Å²) >= 11 is 0. The summed E-state index contributed by atoms with van der Waals surface area (Å²) in [5.74, 6) is 6.21. The Morgan fingerprint density at radius 1 is 0.551 bits per heavy atom. The summed E-state index contributed by atoms with van der Waals surface area (Å²) < 4.78 is 0. The molecule has 2 heterocycles. The van der Waals surface area contributed by atoms with Crippen LogP contribution < -0.4 is 10.9 Å². The molecule has 8 aliphatic carbocycles. The third kappa shape index (κ3) is 5.48. The van der Waals surface area contributed by atoms with Gasteiger partial charge in [-0.25, -0.2) is 0 Å². The lowest BCUT2D eigenvalue weighted by molar-refractivity contribution is 0.0184. The second kappa shape index (κ2) is 12.0. The van der Waals surface area contributed by atoms with Crippen LogP contribution in [0.15, 0.2) is 85.2 Å². The minimum Gasteiger partial charge on any atom is -0.361 e. The fourth-order valence-corrected chi connectivity index (χ4v) is 21.0. The third-order valence-corrected chi connectivity index (χ3v) is 21.4. The molecule has 0 atom stereocenters. The van der Waals surface area contributed by atoms with Crippen molar-refractivity contribution in [3.63, 3.8) is 0 Å². The van der Waals surface area contributed by atoms with Crippen LogP contribution >= 0.6 is 15.8 Å². The van der Waals surface area contributed by atoms with Gasteiger partial charge in [-0.05, 0) is 183 Å². The summed E-state index contributed by atoms with van der Waals surface area (Å²) in [7, 11) is -0.661. The van der Waals surface area contributed by atoms with Crippen molar-refractivity contribution >= 4 is 26.7 Å². The van der Waals surface area contributed by atoms with Crippen molar-refractivity contribution < 1.29 is 0 Å². The van der Waals surface area contributed by atoms with E-state index in [0.717, 1.165) is 41.7 Å². The molecule has 2 nitrogen and oxygen atoms in total. The first-order valence-corrected chi connectivity index (χ1v) is 22.9. The van der Waals surface area contributed by atoms with Crippen LogP contribution in [0.3, 0.4) is 0 Å². The highest BCUT2D eigenvalue weighted by Crippen LogP contribution is 2.79. The molecule has 8 saturated carbocycles. The van der Waals surface area contributed by atoms with E-state index < -0.39 is 7.92 Å². The summed E-state index contributed by atoms with van der Waals surface area (Å²) in [5, 5.41) is 1.30. The molecule has 2 N–H and O–H groups in total. The van der Waals surface area contributed by atoms with Crippen LogP contribution in [0.25, 0.3) is 0 Å². The second-order valence-corrected chi connectivity index (χ2v) is 23.7. The number of hydrogen-bond donors (Lipinski definition) is 2. The van der Waals surface area contributed by atoms with Gasteiger partial charge in [0.15, 0.2) is 0 Å². The normalized spacial score (nSPS) is 35.0. The summed E-state index contributed by atoms with van der Waals surface area (Å²) in [6.45, 7) is 4.88. The molecular formula is C45H56N2P2. The molecule has 0 saturated heterocycles. The zero-order chi connectivity index (χ0) is 32.8. The van der Waals surface area contributed by atoms with Gasteiger partial charge >= 0.3 is 0 Å². The Morgan fingerprint density at radius 2 is 1.04 bits per heavy atom. The van der Waals surface area contributed by atoms with Crippen molar-refractivity contribution in [2.24, 2.45) is 35.5 Å². The highest BCUT2D eigenvalue weighted by molar-refractivity contribution is 7.71. The van der Waals surface area contributed by atoms with Crippen molar-refractivity contribution in [1.82, 2.24) is 9.97 Å². The van der Waals surface area contributed by atoms with Gasteiger partial charge < -0.3 is 9.97 Å². The maximum absolute atomic E-state index is 3.67. The van der Waals surface area contributed by atoms with Gasteiger partial charge in [0.1, 0.15) is 0 Å². The monoisotopic (exact) mass is 686 g/mol. The van der Waals surface area contributed by atoms with E-state index in [9.17, 15) is 0 Å². The summed E-state index contributed by atoms with van der Waals surface area (Å²) in [6, 6.07) is 28.2. The minimum atomic E-state index is -0.555. The number of nitrogens with one attached hydrogen (secondary N) is 2. The molecule has 4 heteroatoms. The van der Waals surface area contributed by atoms with Crippen molar-refractivity contribution in [3.05, 3.63) is 107 Å². The van der Waals surface area contributed by atoms with Gasteiger partial charge in [0, 0.05) is 34.8 Å². The first-order chi connectivity index (χ1) is 23.8. The molecule has 8 bridgehead atoms. The molecule has 0 spiro atoms. The van der Waals surface area contributed by atoms with Crippen LogP contribution in [-0.4, -0.2) is 20.3 Å². The first kappa shape index (κ1) is 31.6. The Morgan fingerprint density at radius 3 is 1.49 bits per heavy atom. The molecule has 0 unspecified atom stereocenters. The molecule has 2 aromatic heterocycles. The average molecular weight is 687 g/mol. The zero-order valence-corrected chi connectivity index (χ0v) is 31.6. The number of rotatable bonds is 10. The molecule has 2 aromatic carbocycles. The number of hydrogen-bond acceptors (Lipinski definition) is 0. The van der Waals surface area contributed by atoms with Gasteiger partial charge in [-0.2, -0.15) is 0 Å². The van der Waals surface area contributed by atoms with Gasteiger partial charge in [0.25, 0.3) is 0 Å². The van der Waals surface area contributed by atoms with Crippen molar-refractivity contribution in [2.45, 2.75) is 119 Å². The van der Waals surface area contributed by atoms with Gasteiger partial charge in [0.05, 0.1) is 0 Å². The molecule has 12 rings (SSSR count). The van der Waals surface area contributed by atoms with Crippen molar-refractivity contribution in [2.75, 3.05) is 0 Å². The highest BCUT2D eigenvalue weighted by Gasteiger charge is 2.62. The van der Waals surface area contributed by atoms with Crippen LogP contribution in [-0.2, 0) is 17.7 Å².